The lowest BCUT2D eigenvalue weighted by Crippen LogP contribution is -2.46. The number of furan rings is 1. The van der Waals surface area contributed by atoms with Gasteiger partial charge in [0.25, 0.3) is 0 Å². The Labute approximate surface area is 127 Å². The first-order valence-electron chi connectivity index (χ1n) is 7.75. The molecular formula is C18H24N2O. The molecule has 0 amide bonds. The van der Waals surface area contributed by atoms with Crippen molar-refractivity contribution in [3.8, 4) is 0 Å². The lowest BCUT2D eigenvalue weighted by atomic mass is 9.98. The van der Waals surface area contributed by atoms with Gasteiger partial charge in [-0.3, -0.25) is 4.90 Å². The predicted octanol–water partition coefficient (Wildman–Crippen LogP) is 3.60. The summed E-state index contributed by atoms with van der Waals surface area (Å²) in [4.78, 5) is 2.59. The molecule has 3 rings (SSSR count). The third-order valence-corrected chi connectivity index (χ3v) is 4.50. The van der Waals surface area contributed by atoms with Crippen LogP contribution in [0.15, 0.2) is 40.8 Å². The Morgan fingerprint density at radius 2 is 2.00 bits per heavy atom. The number of hydrogen-bond donors (Lipinski definition) is 1. The number of hydrogen-bond acceptors (Lipinski definition) is 3. The van der Waals surface area contributed by atoms with Crippen LogP contribution in [0, 0.1) is 13.8 Å². The van der Waals surface area contributed by atoms with E-state index in [9.17, 15) is 0 Å². The summed E-state index contributed by atoms with van der Waals surface area (Å²) in [5.41, 5.74) is 2.70. The van der Waals surface area contributed by atoms with Crippen LogP contribution in [0.5, 0.6) is 0 Å². The topological polar surface area (TPSA) is 28.4 Å². The Morgan fingerprint density at radius 3 is 2.67 bits per heavy atom. The zero-order valence-electron chi connectivity index (χ0n) is 13.1. The summed E-state index contributed by atoms with van der Waals surface area (Å²) >= 11 is 0. The van der Waals surface area contributed by atoms with Crippen molar-refractivity contribution in [2.75, 3.05) is 19.6 Å². The molecule has 1 saturated heterocycles. The molecule has 2 aromatic rings. The van der Waals surface area contributed by atoms with Crippen molar-refractivity contribution in [1.29, 1.82) is 0 Å². The Bertz CT molecular complexity index is 591. The van der Waals surface area contributed by atoms with Crippen LogP contribution in [-0.2, 0) is 0 Å². The summed E-state index contributed by atoms with van der Waals surface area (Å²) < 4.78 is 5.73. The Morgan fingerprint density at radius 1 is 1.24 bits per heavy atom. The van der Waals surface area contributed by atoms with Crippen LogP contribution in [0.3, 0.4) is 0 Å². The smallest absolute Gasteiger partial charge is 0.105 e. The van der Waals surface area contributed by atoms with Gasteiger partial charge in [0.15, 0.2) is 0 Å². The molecule has 1 N–H and O–H groups in total. The normalized spacial score (nSPS) is 21.4. The van der Waals surface area contributed by atoms with E-state index >= 15 is 0 Å². The third-order valence-electron chi connectivity index (χ3n) is 4.50. The molecule has 1 aliphatic rings. The average molecular weight is 284 g/mol. The number of aryl methyl sites for hydroxylation is 2. The molecule has 1 aromatic carbocycles. The van der Waals surface area contributed by atoms with E-state index in [0.29, 0.717) is 12.1 Å². The molecule has 0 spiro atoms. The van der Waals surface area contributed by atoms with Gasteiger partial charge in [0.05, 0.1) is 0 Å². The highest BCUT2D eigenvalue weighted by atomic mass is 16.3. The molecule has 0 bridgehead atoms. The number of rotatable bonds is 3. The molecule has 21 heavy (non-hydrogen) atoms. The van der Waals surface area contributed by atoms with Gasteiger partial charge >= 0.3 is 0 Å². The maximum Gasteiger partial charge on any atom is 0.105 e. The van der Waals surface area contributed by atoms with Crippen molar-refractivity contribution in [1.82, 2.24) is 10.2 Å². The molecule has 0 aliphatic carbocycles. The lowest BCUT2D eigenvalue weighted by molar-refractivity contribution is 0.114. The van der Waals surface area contributed by atoms with Crippen LogP contribution in [0.2, 0.25) is 0 Å². The van der Waals surface area contributed by atoms with Gasteiger partial charge in [-0.15, -0.1) is 0 Å². The molecule has 112 valence electrons. The largest absolute Gasteiger partial charge is 0.466 e. The summed E-state index contributed by atoms with van der Waals surface area (Å²) in [7, 11) is 0. The first kappa shape index (κ1) is 14.4. The highest BCUT2D eigenvalue weighted by molar-refractivity contribution is 5.26. The second kappa shape index (κ2) is 6.04. The summed E-state index contributed by atoms with van der Waals surface area (Å²) in [6, 6.07) is 13.8. The monoisotopic (exact) mass is 284 g/mol. The van der Waals surface area contributed by atoms with Crippen molar-refractivity contribution < 1.29 is 4.42 Å². The van der Waals surface area contributed by atoms with Gasteiger partial charge in [-0.05, 0) is 32.4 Å². The molecule has 1 aromatic heterocycles. The average Bonchev–Trinajstić information content (AvgIpc) is 2.86. The van der Waals surface area contributed by atoms with Crippen molar-refractivity contribution in [3.63, 3.8) is 0 Å². The molecule has 0 radical (unpaired) electrons. The van der Waals surface area contributed by atoms with Crippen LogP contribution in [0.25, 0.3) is 0 Å². The quantitative estimate of drug-likeness (QED) is 0.933. The lowest BCUT2D eigenvalue weighted by Gasteiger charge is -2.40. The first-order valence-corrected chi connectivity index (χ1v) is 7.75. The SMILES string of the molecule is Cc1cc(C(C)N2CCNCC2c2ccccc2)c(C)o1. The molecule has 2 unspecified atom stereocenters. The molecular weight excluding hydrogens is 260 g/mol. The number of nitrogens with zero attached hydrogens (tertiary/aromatic N) is 1. The van der Waals surface area contributed by atoms with Gasteiger partial charge in [-0.25, -0.2) is 0 Å². The molecule has 1 aliphatic heterocycles. The van der Waals surface area contributed by atoms with Crippen molar-refractivity contribution in [3.05, 3.63) is 59.0 Å². The zero-order valence-corrected chi connectivity index (χ0v) is 13.1. The molecule has 2 atom stereocenters. The van der Waals surface area contributed by atoms with Gasteiger partial charge in [0, 0.05) is 37.3 Å². The van der Waals surface area contributed by atoms with E-state index in [1.807, 2.05) is 6.92 Å². The Balaban J connectivity index is 1.89. The fraction of sp³-hybridized carbons (Fsp3) is 0.444. The van der Waals surface area contributed by atoms with Gasteiger partial charge in [-0.2, -0.15) is 0 Å². The molecule has 1 fully saturated rings. The summed E-state index contributed by atoms with van der Waals surface area (Å²) in [6.45, 7) is 9.49. The molecule has 3 heteroatoms. The van der Waals surface area contributed by atoms with E-state index in [4.69, 9.17) is 4.42 Å². The second-order valence-electron chi connectivity index (χ2n) is 5.91. The van der Waals surface area contributed by atoms with Crippen LogP contribution in [0.1, 0.15) is 41.7 Å². The van der Waals surface area contributed by atoms with E-state index in [1.165, 1.54) is 11.1 Å². The zero-order chi connectivity index (χ0) is 14.8. The standard InChI is InChI=1S/C18H24N2O/c1-13-11-17(15(3)21-13)14(2)20-10-9-19-12-18(20)16-7-5-4-6-8-16/h4-8,11,14,18-19H,9-10,12H2,1-3H3. The molecule has 3 nitrogen and oxygen atoms in total. The van der Waals surface area contributed by atoms with Crippen molar-refractivity contribution in [2.24, 2.45) is 0 Å². The minimum absolute atomic E-state index is 0.370. The van der Waals surface area contributed by atoms with Crippen LogP contribution in [0.4, 0.5) is 0 Å². The summed E-state index contributed by atoms with van der Waals surface area (Å²) in [5.74, 6) is 2.05. The number of piperazine rings is 1. The first-order chi connectivity index (χ1) is 10.2. The van der Waals surface area contributed by atoms with Crippen LogP contribution in [-0.4, -0.2) is 24.5 Å². The minimum atomic E-state index is 0.370. The van der Waals surface area contributed by atoms with E-state index in [0.717, 1.165) is 31.2 Å². The van der Waals surface area contributed by atoms with Crippen molar-refractivity contribution >= 4 is 0 Å². The van der Waals surface area contributed by atoms with Gasteiger partial charge < -0.3 is 9.73 Å². The number of nitrogens with one attached hydrogen (secondary N) is 1. The maximum absolute atomic E-state index is 5.73. The van der Waals surface area contributed by atoms with E-state index in [2.05, 4.69) is 60.5 Å². The van der Waals surface area contributed by atoms with Crippen LogP contribution >= 0.6 is 0 Å². The number of benzene rings is 1. The highest BCUT2D eigenvalue weighted by Gasteiger charge is 2.29. The summed E-state index contributed by atoms with van der Waals surface area (Å²) in [6.07, 6.45) is 0. The fourth-order valence-corrected chi connectivity index (χ4v) is 3.41. The Kier molecular flexibility index (Phi) is 4.13. The highest BCUT2D eigenvalue weighted by Crippen LogP contribution is 2.33. The molecule has 0 saturated carbocycles. The van der Waals surface area contributed by atoms with Crippen LogP contribution < -0.4 is 5.32 Å². The van der Waals surface area contributed by atoms with Gasteiger partial charge in [-0.1, -0.05) is 30.3 Å². The summed E-state index contributed by atoms with van der Waals surface area (Å²) in [5, 5.41) is 3.52. The van der Waals surface area contributed by atoms with Crippen molar-refractivity contribution in [2.45, 2.75) is 32.9 Å². The maximum atomic E-state index is 5.73. The van der Waals surface area contributed by atoms with E-state index in [-0.39, 0.29) is 0 Å². The van der Waals surface area contributed by atoms with Gasteiger partial charge in [0.1, 0.15) is 11.5 Å². The van der Waals surface area contributed by atoms with E-state index < -0.39 is 0 Å². The van der Waals surface area contributed by atoms with E-state index in [1.54, 1.807) is 0 Å². The fourth-order valence-electron chi connectivity index (χ4n) is 3.41. The van der Waals surface area contributed by atoms with Gasteiger partial charge in [0.2, 0.25) is 0 Å². The Hall–Kier alpha value is -1.58. The minimum Gasteiger partial charge on any atom is -0.466 e. The third kappa shape index (κ3) is 2.89. The second-order valence-corrected chi connectivity index (χ2v) is 5.91. The molecule has 2 heterocycles. The predicted molar refractivity (Wildman–Crippen MR) is 85.4 cm³/mol.